The van der Waals surface area contributed by atoms with Gasteiger partial charge in [0.05, 0.1) is 6.42 Å². The van der Waals surface area contributed by atoms with E-state index in [2.05, 4.69) is 39.3 Å². The maximum atomic E-state index is 11.9. The Hall–Kier alpha value is -0.620. The van der Waals surface area contributed by atoms with Gasteiger partial charge in [0.15, 0.2) is 0 Å². The average molecular weight is 344 g/mol. The van der Waals surface area contributed by atoms with Gasteiger partial charge in [-0.3, -0.25) is 4.79 Å². The molecule has 1 aliphatic heterocycles. The summed E-state index contributed by atoms with van der Waals surface area (Å²) in [5.74, 6) is 0.126. The molecule has 1 aliphatic rings. The highest BCUT2D eigenvalue weighted by molar-refractivity contribution is 14.1. The zero-order chi connectivity index (χ0) is 12.1. The fourth-order valence-electron chi connectivity index (χ4n) is 2.09. The van der Waals surface area contributed by atoms with Crippen molar-refractivity contribution >= 4 is 28.5 Å². The Bertz CT molecular complexity index is 389. The molecular formula is C13H17IN2O. The van der Waals surface area contributed by atoms with Crippen LogP contribution in [0.2, 0.25) is 0 Å². The predicted octanol–water partition coefficient (Wildman–Crippen LogP) is 1.70. The highest BCUT2D eigenvalue weighted by atomic mass is 127. The van der Waals surface area contributed by atoms with Crippen LogP contribution in [0.25, 0.3) is 0 Å². The van der Waals surface area contributed by atoms with Gasteiger partial charge in [-0.05, 0) is 59.7 Å². The van der Waals surface area contributed by atoms with E-state index < -0.39 is 0 Å². The average Bonchev–Trinajstić information content (AvgIpc) is 2.30. The first kappa shape index (κ1) is 12.8. The molecule has 0 aromatic heterocycles. The third-order valence-electron chi connectivity index (χ3n) is 2.92. The number of nitrogens with one attached hydrogen (secondary N) is 2. The van der Waals surface area contributed by atoms with Crippen LogP contribution in [0.15, 0.2) is 24.3 Å². The van der Waals surface area contributed by atoms with E-state index >= 15 is 0 Å². The number of amides is 1. The Labute approximate surface area is 116 Å². The van der Waals surface area contributed by atoms with Crippen molar-refractivity contribution in [2.45, 2.75) is 25.3 Å². The normalized spacial score (nSPS) is 19.9. The molecule has 0 aliphatic carbocycles. The topological polar surface area (TPSA) is 41.1 Å². The van der Waals surface area contributed by atoms with Crippen molar-refractivity contribution < 1.29 is 4.79 Å². The largest absolute Gasteiger partial charge is 0.352 e. The lowest BCUT2D eigenvalue weighted by molar-refractivity contribution is -0.121. The first-order valence-electron chi connectivity index (χ1n) is 5.98. The molecular weight excluding hydrogens is 327 g/mol. The van der Waals surface area contributed by atoms with Crippen molar-refractivity contribution in [2.75, 3.05) is 13.1 Å². The van der Waals surface area contributed by atoms with Gasteiger partial charge in [0.25, 0.3) is 0 Å². The van der Waals surface area contributed by atoms with Gasteiger partial charge in [0, 0.05) is 16.2 Å². The summed E-state index contributed by atoms with van der Waals surface area (Å²) in [5, 5.41) is 6.38. The van der Waals surface area contributed by atoms with E-state index in [1.807, 2.05) is 18.2 Å². The Kier molecular flexibility index (Phi) is 4.79. The van der Waals surface area contributed by atoms with Crippen molar-refractivity contribution in [1.29, 1.82) is 0 Å². The van der Waals surface area contributed by atoms with Gasteiger partial charge < -0.3 is 10.6 Å². The number of carbonyl (C=O) groups excluding carboxylic acids is 1. The van der Waals surface area contributed by atoms with Gasteiger partial charge in [-0.15, -0.1) is 0 Å². The van der Waals surface area contributed by atoms with Gasteiger partial charge in [-0.1, -0.05) is 12.1 Å². The standard InChI is InChI=1S/C13H17IN2O/c14-11-4-1-3-10(7-11)8-13(17)16-12-5-2-6-15-9-12/h1,3-4,7,12,15H,2,5-6,8-9H2,(H,16,17)/t12-/m0/s1. The molecule has 2 N–H and O–H groups in total. The molecule has 0 spiro atoms. The summed E-state index contributed by atoms with van der Waals surface area (Å²) >= 11 is 2.27. The third-order valence-corrected chi connectivity index (χ3v) is 3.59. The summed E-state index contributed by atoms with van der Waals surface area (Å²) in [6.45, 7) is 1.97. The molecule has 4 heteroatoms. The minimum absolute atomic E-state index is 0.126. The molecule has 0 radical (unpaired) electrons. The van der Waals surface area contributed by atoms with E-state index in [0.29, 0.717) is 12.5 Å². The van der Waals surface area contributed by atoms with E-state index in [1.165, 1.54) is 3.57 Å². The monoisotopic (exact) mass is 344 g/mol. The molecule has 0 bridgehead atoms. The molecule has 3 nitrogen and oxygen atoms in total. The van der Waals surface area contributed by atoms with Crippen LogP contribution < -0.4 is 10.6 Å². The molecule has 0 unspecified atom stereocenters. The summed E-state index contributed by atoms with van der Waals surface area (Å²) < 4.78 is 1.17. The van der Waals surface area contributed by atoms with Gasteiger partial charge in [-0.2, -0.15) is 0 Å². The second-order valence-electron chi connectivity index (χ2n) is 4.42. The van der Waals surface area contributed by atoms with Gasteiger partial charge in [0.2, 0.25) is 5.91 Å². The van der Waals surface area contributed by atoms with Crippen molar-refractivity contribution in [2.24, 2.45) is 0 Å². The van der Waals surface area contributed by atoms with Gasteiger partial charge in [0.1, 0.15) is 0 Å². The maximum absolute atomic E-state index is 11.9. The van der Waals surface area contributed by atoms with Crippen LogP contribution in [0.1, 0.15) is 18.4 Å². The summed E-state index contributed by atoms with van der Waals surface area (Å²) in [5.41, 5.74) is 1.08. The van der Waals surface area contributed by atoms with Crippen LogP contribution in [-0.2, 0) is 11.2 Å². The van der Waals surface area contributed by atoms with Crippen LogP contribution in [0.4, 0.5) is 0 Å². The minimum atomic E-state index is 0.126. The highest BCUT2D eigenvalue weighted by Crippen LogP contribution is 2.09. The molecule has 1 saturated heterocycles. The molecule has 17 heavy (non-hydrogen) atoms. The number of hydrogen-bond acceptors (Lipinski definition) is 2. The molecule has 1 fully saturated rings. The SMILES string of the molecule is O=C(Cc1cccc(I)c1)N[C@H]1CCCNC1. The van der Waals surface area contributed by atoms with Crippen LogP contribution in [0, 0.1) is 3.57 Å². The Balaban J connectivity index is 1.84. The molecule has 1 atom stereocenters. The third kappa shape index (κ3) is 4.27. The Morgan fingerprint density at radius 1 is 1.53 bits per heavy atom. The second-order valence-corrected chi connectivity index (χ2v) is 5.66. The fraction of sp³-hybridized carbons (Fsp3) is 0.462. The number of halogens is 1. The lowest BCUT2D eigenvalue weighted by atomic mass is 10.1. The van der Waals surface area contributed by atoms with E-state index in [1.54, 1.807) is 0 Å². The van der Waals surface area contributed by atoms with Gasteiger partial charge >= 0.3 is 0 Å². The van der Waals surface area contributed by atoms with Crippen molar-refractivity contribution in [3.05, 3.63) is 33.4 Å². The van der Waals surface area contributed by atoms with Crippen molar-refractivity contribution in [3.63, 3.8) is 0 Å². The van der Waals surface area contributed by atoms with Crippen LogP contribution in [0.5, 0.6) is 0 Å². The quantitative estimate of drug-likeness (QED) is 0.820. The first-order chi connectivity index (χ1) is 8.24. The number of piperidine rings is 1. The predicted molar refractivity (Wildman–Crippen MR) is 76.9 cm³/mol. The molecule has 1 aromatic rings. The first-order valence-corrected chi connectivity index (χ1v) is 7.06. The second kappa shape index (κ2) is 6.35. The molecule has 2 rings (SSSR count). The van der Waals surface area contributed by atoms with Crippen molar-refractivity contribution in [3.8, 4) is 0 Å². The van der Waals surface area contributed by atoms with Crippen LogP contribution in [-0.4, -0.2) is 25.0 Å². The summed E-state index contributed by atoms with van der Waals surface area (Å²) in [7, 11) is 0. The lowest BCUT2D eigenvalue weighted by Gasteiger charge is -2.23. The zero-order valence-electron chi connectivity index (χ0n) is 9.71. The van der Waals surface area contributed by atoms with E-state index in [0.717, 1.165) is 31.5 Å². The summed E-state index contributed by atoms with van der Waals surface area (Å²) in [4.78, 5) is 11.9. The molecule has 1 aromatic carbocycles. The molecule has 0 saturated carbocycles. The van der Waals surface area contributed by atoms with Crippen molar-refractivity contribution in [1.82, 2.24) is 10.6 Å². The Morgan fingerprint density at radius 2 is 2.41 bits per heavy atom. The number of benzene rings is 1. The summed E-state index contributed by atoms with van der Waals surface area (Å²) in [6, 6.07) is 8.39. The number of rotatable bonds is 3. The zero-order valence-corrected chi connectivity index (χ0v) is 11.9. The van der Waals surface area contributed by atoms with Crippen LogP contribution >= 0.6 is 22.6 Å². The van der Waals surface area contributed by atoms with E-state index in [9.17, 15) is 4.79 Å². The maximum Gasteiger partial charge on any atom is 0.224 e. The number of carbonyl (C=O) groups is 1. The fourth-order valence-corrected chi connectivity index (χ4v) is 2.69. The van der Waals surface area contributed by atoms with Gasteiger partial charge in [-0.25, -0.2) is 0 Å². The smallest absolute Gasteiger partial charge is 0.224 e. The molecule has 92 valence electrons. The molecule has 1 heterocycles. The summed E-state index contributed by atoms with van der Waals surface area (Å²) in [6.07, 6.45) is 2.71. The highest BCUT2D eigenvalue weighted by Gasteiger charge is 2.15. The Morgan fingerprint density at radius 3 is 3.12 bits per heavy atom. The lowest BCUT2D eigenvalue weighted by Crippen LogP contribution is -2.46. The minimum Gasteiger partial charge on any atom is -0.352 e. The number of hydrogen-bond donors (Lipinski definition) is 2. The van der Waals surface area contributed by atoms with E-state index in [4.69, 9.17) is 0 Å². The molecule has 1 amide bonds. The van der Waals surface area contributed by atoms with E-state index in [-0.39, 0.29) is 5.91 Å². The van der Waals surface area contributed by atoms with Crippen LogP contribution in [0.3, 0.4) is 0 Å².